The molecular formula is C19H27N3O2. The molecule has 0 unspecified atom stereocenters. The van der Waals surface area contributed by atoms with Crippen molar-refractivity contribution in [1.82, 2.24) is 9.55 Å². The van der Waals surface area contributed by atoms with Crippen LogP contribution in [0.5, 0.6) is 0 Å². The summed E-state index contributed by atoms with van der Waals surface area (Å²) in [6, 6.07) is 10.2. The van der Waals surface area contributed by atoms with E-state index in [1.807, 2.05) is 36.6 Å². The van der Waals surface area contributed by atoms with Gasteiger partial charge in [0, 0.05) is 12.5 Å². The van der Waals surface area contributed by atoms with Gasteiger partial charge in [-0.2, -0.15) is 0 Å². The van der Waals surface area contributed by atoms with Crippen LogP contribution in [0.2, 0.25) is 0 Å². The first-order valence-corrected chi connectivity index (χ1v) is 8.61. The van der Waals surface area contributed by atoms with Crippen molar-refractivity contribution in [3.63, 3.8) is 0 Å². The number of nitrogens with zero attached hydrogens (tertiary/aromatic N) is 2. The van der Waals surface area contributed by atoms with E-state index in [2.05, 4.69) is 24.0 Å². The molecule has 1 aromatic carbocycles. The summed E-state index contributed by atoms with van der Waals surface area (Å²) in [5.41, 5.74) is 7.61. The number of carbonyl (C=O) groups is 1. The standard InChI is InChI=1S/C19H27N3O2/c1-4-5-13-24-19(23)16-17(20)21-18(14(2)3)22(16)12-11-15-9-7-6-8-10-15/h6-10,14H,4-5,11-13,20H2,1-3H3. The quantitative estimate of drug-likeness (QED) is 0.591. The smallest absolute Gasteiger partial charge is 0.358 e. The van der Waals surface area contributed by atoms with Gasteiger partial charge in [-0.1, -0.05) is 57.5 Å². The number of nitrogens with two attached hydrogens (primary N) is 1. The lowest BCUT2D eigenvalue weighted by Crippen LogP contribution is -2.17. The van der Waals surface area contributed by atoms with Gasteiger partial charge in [-0.15, -0.1) is 0 Å². The maximum atomic E-state index is 12.4. The highest BCUT2D eigenvalue weighted by molar-refractivity contribution is 5.92. The topological polar surface area (TPSA) is 70.1 Å². The van der Waals surface area contributed by atoms with Crippen molar-refractivity contribution in [3.05, 3.63) is 47.4 Å². The molecule has 5 heteroatoms. The SMILES string of the molecule is CCCCOC(=O)c1c(N)nc(C(C)C)n1CCc1ccccc1. The van der Waals surface area contributed by atoms with Crippen molar-refractivity contribution >= 4 is 11.8 Å². The van der Waals surface area contributed by atoms with Crippen molar-refractivity contribution in [2.24, 2.45) is 0 Å². The van der Waals surface area contributed by atoms with E-state index in [0.29, 0.717) is 18.8 Å². The second-order valence-electron chi connectivity index (χ2n) is 6.24. The number of anilines is 1. The fraction of sp³-hybridized carbons (Fsp3) is 0.474. The molecule has 0 aliphatic carbocycles. The van der Waals surface area contributed by atoms with Gasteiger partial charge < -0.3 is 15.0 Å². The number of unbranched alkanes of at least 4 members (excludes halogenated alkanes) is 1. The van der Waals surface area contributed by atoms with Crippen molar-refractivity contribution in [1.29, 1.82) is 0 Å². The summed E-state index contributed by atoms with van der Waals surface area (Å²) in [5.74, 6) is 0.882. The summed E-state index contributed by atoms with van der Waals surface area (Å²) in [6.07, 6.45) is 2.64. The molecule has 0 amide bonds. The van der Waals surface area contributed by atoms with Crippen LogP contribution in [0.3, 0.4) is 0 Å². The summed E-state index contributed by atoms with van der Waals surface area (Å²) in [6.45, 7) is 7.22. The normalized spacial score (nSPS) is 11.0. The average Bonchev–Trinajstić information content (AvgIpc) is 2.91. The average molecular weight is 329 g/mol. The second-order valence-corrected chi connectivity index (χ2v) is 6.24. The highest BCUT2D eigenvalue weighted by Crippen LogP contribution is 2.22. The Morgan fingerprint density at radius 3 is 2.62 bits per heavy atom. The van der Waals surface area contributed by atoms with E-state index in [9.17, 15) is 4.79 Å². The fourth-order valence-corrected chi connectivity index (χ4v) is 2.63. The number of esters is 1. The first kappa shape index (κ1) is 18.0. The number of rotatable bonds is 8. The minimum Gasteiger partial charge on any atom is -0.461 e. The molecule has 0 radical (unpaired) electrons. The number of carbonyl (C=O) groups excluding carboxylic acids is 1. The molecule has 0 aliphatic rings. The largest absolute Gasteiger partial charge is 0.461 e. The molecule has 1 aromatic heterocycles. The maximum Gasteiger partial charge on any atom is 0.358 e. The first-order chi connectivity index (χ1) is 11.5. The zero-order valence-electron chi connectivity index (χ0n) is 14.8. The van der Waals surface area contributed by atoms with Gasteiger partial charge in [-0.3, -0.25) is 0 Å². The minimum absolute atomic E-state index is 0.181. The molecule has 0 bridgehead atoms. The Labute approximate surface area is 143 Å². The molecule has 0 spiro atoms. The number of ether oxygens (including phenoxy) is 1. The number of nitrogen functional groups attached to an aromatic ring is 1. The molecule has 0 aliphatic heterocycles. The van der Waals surface area contributed by atoms with E-state index in [0.717, 1.165) is 25.1 Å². The number of hydrogen-bond donors (Lipinski definition) is 1. The lowest BCUT2D eigenvalue weighted by molar-refractivity contribution is 0.0488. The summed E-state index contributed by atoms with van der Waals surface area (Å²) in [7, 11) is 0. The highest BCUT2D eigenvalue weighted by Gasteiger charge is 2.24. The van der Waals surface area contributed by atoms with Gasteiger partial charge in [0.15, 0.2) is 11.5 Å². The lowest BCUT2D eigenvalue weighted by atomic mass is 10.1. The van der Waals surface area contributed by atoms with Gasteiger partial charge in [0.25, 0.3) is 0 Å². The summed E-state index contributed by atoms with van der Waals surface area (Å²) >= 11 is 0. The Hall–Kier alpha value is -2.30. The molecular weight excluding hydrogens is 302 g/mol. The molecule has 5 nitrogen and oxygen atoms in total. The van der Waals surface area contributed by atoms with Crippen molar-refractivity contribution in [2.75, 3.05) is 12.3 Å². The third-order valence-corrected chi connectivity index (χ3v) is 3.93. The molecule has 130 valence electrons. The predicted molar refractivity (Wildman–Crippen MR) is 96.1 cm³/mol. The molecule has 2 rings (SSSR count). The van der Waals surface area contributed by atoms with Crippen LogP contribution in [0.4, 0.5) is 5.82 Å². The second kappa shape index (κ2) is 8.52. The van der Waals surface area contributed by atoms with Crippen molar-refractivity contribution in [2.45, 2.75) is 52.5 Å². The van der Waals surface area contributed by atoms with Gasteiger partial charge in [0.1, 0.15) is 5.82 Å². The van der Waals surface area contributed by atoms with E-state index >= 15 is 0 Å². The number of hydrogen-bond acceptors (Lipinski definition) is 4. The number of aromatic nitrogens is 2. The molecule has 2 N–H and O–H groups in total. The molecule has 1 heterocycles. The van der Waals surface area contributed by atoms with Gasteiger partial charge in [-0.05, 0) is 18.4 Å². The van der Waals surface area contributed by atoms with Crippen LogP contribution in [0.15, 0.2) is 30.3 Å². The van der Waals surface area contributed by atoms with Gasteiger partial charge in [-0.25, -0.2) is 9.78 Å². The van der Waals surface area contributed by atoms with Crippen LogP contribution in [0, 0.1) is 0 Å². The number of imidazole rings is 1. The summed E-state index contributed by atoms with van der Waals surface area (Å²) in [5, 5.41) is 0. The molecule has 24 heavy (non-hydrogen) atoms. The maximum absolute atomic E-state index is 12.4. The van der Waals surface area contributed by atoms with Crippen molar-refractivity contribution < 1.29 is 9.53 Å². The molecule has 0 saturated heterocycles. The summed E-state index contributed by atoms with van der Waals surface area (Å²) in [4.78, 5) is 16.9. The van der Waals surface area contributed by atoms with Gasteiger partial charge in [0.2, 0.25) is 0 Å². The minimum atomic E-state index is -0.381. The van der Waals surface area contributed by atoms with Crippen molar-refractivity contribution in [3.8, 4) is 0 Å². The highest BCUT2D eigenvalue weighted by atomic mass is 16.5. The van der Waals surface area contributed by atoms with E-state index in [1.54, 1.807) is 0 Å². The monoisotopic (exact) mass is 329 g/mol. The summed E-state index contributed by atoms with van der Waals surface area (Å²) < 4.78 is 7.27. The van der Waals surface area contributed by atoms with Crippen LogP contribution in [0.25, 0.3) is 0 Å². The van der Waals surface area contributed by atoms with Crippen LogP contribution in [-0.2, 0) is 17.7 Å². The third-order valence-electron chi connectivity index (χ3n) is 3.93. The van der Waals surface area contributed by atoms with E-state index in [-0.39, 0.29) is 17.7 Å². The van der Waals surface area contributed by atoms with Crippen LogP contribution < -0.4 is 5.73 Å². The molecule has 0 saturated carbocycles. The van der Waals surface area contributed by atoms with Crippen LogP contribution in [-0.4, -0.2) is 22.1 Å². The molecule has 2 aromatic rings. The Morgan fingerprint density at radius 1 is 1.29 bits per heavy atom. The van der Waals surface area contributed by atoms with E-state index in [1.165, 1.54) is 5.56 Å². The Kier molecular flexibility index (Phi) is 6.41. The van der Waals surface area contributed by atoms with Gasteiger partial charge in [0.05, 0.1) is 6.61 Å². The first-order valence-electron chi connectivity index (χ1n) is 8.61. The Morgan fingerprint density at radius 2 is 2.00 bits per heavy atom. The van der Waals surface area contributed by atoms with Crippen LogP contribution in [0.1, 0.15) is 61.4 Å². The van der Waals surface area contributed by atoms with E-state index in [4.69, 9.17) is 10.5 Å². The van der Waals surface area contributed by atoms with E-state index < -0.39 is 0 Å². The predicted octanol–water partition coefficient (Wildman–Crippen LogP) is 3.79. The fourth-order valence-electron chi connectivity index (χ4n) is 2.63. The Balaban J connectivity index is 2.24. The number of benzene rings is 1. The van der Waals surface area contributed by atoms with Crippen LogP contribution >= 0.6 is 0 Å². The third kappa shape index (κ3) is 4.37. The molecule has 0 fully saturated rings. The zero-order valence-corrected chi connectivity index (χ0v) is 14.8. The Bertz CT molecular complexity index is 663. The zero-order chi connectivity index (χ0) is 17.5. The number of aryl methyl sites for hydroxylation is 1. The molecule has 0 atom stereocenters. The lowest BCUT2D eigenvalue weighted by Gasteiger charge is -2.13. The van der Waals surface area contributed by atoms with Gasteiger partial charge >= 0.3 is 5.97 Å².